The molecule has 0 saturated carbocycles. The number of rotatable bonds is 4. The van der Waals surface area contributed by atoms with Crippen molar-refractivity contribution in [2.45, 2.75) is 25.9 Å². The Bertz CT molecular complexity index is 2100. The molecule has 2 amide bonds. The van der Waals surface area contributed by atoms with Crippen LogP contribution in [0.1, 0.15) is 27.0 Å². The molecule has 5 aromatic rings. The smallest absolute Gasteiger partial charge is 0.240 e. The van der Waals surface area contributed by atoms with Crippen LogP contribution in [0, 0.1) is 25.7 Å². The molecular formula is C37H26Cl2N2O4. The second-order valence-electron chi connectivity index (χ2n) is 11.9. The minimum Gasteiger partial charge on any atom is -0.454 e. The zero-order valence-electron chi connectivity index (χ0n) is 24.3. The van der Waals surface area contributed by atoms with Gasteiger partial charge in [0, 0.05) is 27.1 Å². The van der Waals surface area contributed by atoms with Gasteiger partial charge in [0.15, 0.2) is 11.4 Å². The molecule has 3 aliphatic rings. The molecular weight excluding hydrogens is 607 g/mol. The molecule has 8 heteroatoms. The molecule has 4 atom stereocenters. The van der Waals surface area contributed by atoms with Gasteiger partial charge in [0.05, 0.1) is 34.3 Å². The highest BCUT2D eigenvalue weighted by Crippen LogP contribution is 2.53. The van der Waals surface area contributed by atoms with Gasteiger partial charge < -0.3 is 9.32 Å². The van der Waals surface area contributed by atoms with Gasteiger partial charge in [-0.05, 0) is 73.5 Å². The molecule has 0 aliphatic carbocycles. The van der Waals surface area contributed by atoms with Crippen LogP contribution in [0.15, 0.2) is 95.4 Å². The van der Waals surface area contributed by atoms with Crippen LogP contribution in [0.3, 0.4) is 0 Å². The Kier molecular flexibility index (Phi) is 6.31. The second-order valence-corrected chi connectivity index (χ2v) is 12.8. The minimum atomic E-state index is -0.996. The Morgan fingerprint density at radius 3 is 2.29 bits per heavy atom. The molecule has 0 bridgehead atoms. The van der Waals surface area contributed by atoms with E-state index < -0.39 is 29.8 Å². The maximum Gasteiger partial charge on any atom is 0.240 e. The van der Waals surface area contributed by atoms with Crippen molar-refractivity contribution < 1.29 is 18.8 Å². The Morgan fingerprint density at radius 2 is 1.56 bits per heavy atom. The standard InChI is InChI=1S/C37H26Cl2N2O4/c1-19-8-13-25(16-20(19)2)40-36(43)30-28-15-14-26-27(39)17-23-18-29(21-6-4-3-5-7-21)45-35(23)32(26)41(28)33(31(30)37(40)44)34(42)22-9-11-24(38)12-10-22/h3-18,28,30-31,33H,1-2H3. The largest absolute Gasteiger partial charge is 0.454 e. The highest BCUT2D eigenvalue weighted by atomic mass is 35.5. The summed E-state index contributed by atoms with van der Waals surface area (Å²) in [5.74, 6) is -2.08. The first-order valence-electron chi connectivity index (χ1n) is 14.8. The van der Waals surface area contributed by atoms with Gasteiger partial charge in [0.1, 0.15) is 11.8 Å². The van der Waals surface area contributed by atoms with Crippen LogP contribution in [0.2, 0.25) is 10.0 Å². The van der Waals surface area contributed by atoms with Gasteiger partial charge in [-0.1, -0.05) is 71.8 Å². The number of Topliss-reactive ketones (excluding diaryl/α,β-unsaturated/α-hetero) is 1. The average Bonchev–Trinajstić information content (AvgIpc) is 3.69. The lowest BCUT2D eigenvalue weighted by Gasteiger charge is -2.36. The van der Waals surface area contributed by atoms with Crippen molar-refractivity contribution in [2.24, 2.45) is 11.8 Å². The number of furan rings is 1. The lowest BCUT2D eigenvalue weighted by molar-refractivity contribution is -0.122. The third-order valence-electron chi connectivity index (χ3n) is 9.42. The molecule has 222 valence electrons. The van der Waals surface area contributed by atoms with E-state index >= 15 is 0 Å². The van der Waals surface area contributed by atoms with Crippen LogP contribution in [0.5, 0.6) is 0 Å². The zero-order chi connectivity index (χ0) is 31.1. The molecule has 6 nitrogen and oxygen atoms in total. The number of imide groups is 1. The fraction of sp³-hybridized carbons (Fsp3) is 0.162. The van der Waals surface area contributed by atoms with Crippen LogP contribution in [0.4, 0.5) is 11.4 Å². The van der Waals surface area contributed by atoms with Gasteiger partial charge >= 0.3 is 0 Å². The summed E-state index contributed by atoms with van der Waals surface area (Å²) in [5, 5.41) is 1.73. The fourth-order valence-electron chi connectivity index (χ4n) is 7.13. The van der Waals surface area contributed by atoms with Gasteiger partial charge in [-0.15, -0.1) is 0 Å². The van der Waals surface area contributed by atoms with Crippen molar-refractivity contribution in [3.8, 4) is 11.3 Å². The van der Waals surface area contributed by atoms with E-state index in [4.69, 9.17) is 27.6 Å². The predicted octanol–water partition coefficient (Wildman–Crippen LogP) is 8.30. The Balaban J connectivity index is 1.33. The number of halogens is 2. The van der Waals surface area contributed by atoms with E-state index in [0.29, 0.717) is 43.9 Å². The number of amides is 2. The molecule has 4 unspecified atom stereocenters. The van der Waals surface area contributed by atoms with E-state index in [0.717, 1.165) is 22.1 Å². The second kappa shape index (κ2) is 10.2. The van der Waals surface area contributed by atoms with E-state index in [-0.39, 0.29) is 11.7 Å². The molecule has 45 heavy (non-hydrogen) atoms. The monoisotopic (exact) mass is 632 g/mol. The van der Waals surface area contributed by atoms with Gasteiger partial charge in [-0.25, -0.2) is 4.90 Å². The number of benzene rings is 4. The SMILES string of the molecule is Cc1ccc(N2C(=O)C3C(C2=O)C(C(=O)c2ccc(Cl)cc2)N2c4c(c(Cl)cc5cc(-c6ccccc6)oc45)C=CC32)cc1C. The Morgan fingerprint density at radius 1 is 0.822 bits per heavy atom. The van der Waals surface area contributed by atoms with Crippen molar-refractivity contribution in [1.29, 1.82) is 0 Å². The first-order valence-corrected chi connectivity index (χ1v) is 15.5. The molecule has 0 N–H and O–H groups in total. The van der Waals surface area contributed by atoms with Crippen LogP contribution in [-0.2, 0) is 9.59 Å². The molecule has 2 fully saturated rings. The fourth-order valence-corrected chi connectivity index (χ4v) is 7.53. The van der Waals surface area contributed by atoms with Crippen molar-refractivity contribution in [2.75, 3.05) is 9.80 Å². The van der Waals surface area contributed by atoms with E-state index in [1.54, 1.807) is 30.3 Å². The molecule has 3 aliphatic heterocycles. The summed E-state index contributed by atoms with van der Waals surface area (Å²) in [6.07, 6.45) is 3.77. The molecule has 4 aromatic carbocycles. The van der Waals surface area contributed by atoms with Crippen LogP contribution in [0.25, 0.3) is 28.4 Å². The number of aryl methyl sites for hydroxylation is 2. The molecule has 0 spiro atoms. The molecule has 1 aromatic heterocycles. The van der Waals surface area contributed by atoms with Crippen molar-refractivity contribution in [1.82, 2.24) is 0 Å². The first-order chi connectivity index (χ1) is 21.7. The van der Waals surface area contributed by atoms with Crippen molar-refractivity contribution in [3.63, 3.8) is 0 Å². The summed E-state index contributed by atoms with van der Waals surface area (Å²) in [5.41, 5.74) is 5.65. The summed E-state index contributed by atoms with van der Waals surface area (Å²) in [6, 6.07) is 24.1. The summed E-state index contributed by atoms with van der Waals surface area (Å²) < 4.78 is 6.51. The lowest BCUT2D eigenvalue weighted by Crippen LogP contribution is -2.49. The lowest BCUT2D eigenvalue weighted by atomic mass is 9.86. The van der Waals surface area contributed by atoms with Gasteiger partial charge in [0.25, 0.3) is 0 Å². The third-order valence-corrected chi connectivity index (χ3v) is 9.98. The quantitative estimate of drug-likeness (QED) is 0.147. The molecule has 2 saturated heterocycles. The summed E-state index contributed by atoms with van der Waals surface area (Å²) in [7, 11) is 0. The van der Waals surface area contributed by atoms with Gasteiger partial charge in [-0.3, -0.25) is 14.4 Å². The van der Waals surface area contributed by atoms with Crippen LogP contribution in [-0.4, -0.2) is 29.7 Å². The molecule has 0 radical (unpaired) electrons. The Hall–Kier alpha value is -4.65. The number of nitrogens with zero attached hydrogens (tertiary/aromatic N) is 2. The van der Waals surface area contributed by atoms with E-state index in [2.05, 4.69) is 0 Å². The Labute approximate surface area is 269 Å². The first kappa shape index (κ1) is 27.9. The van der Waals surface area contributed by atoms with E-state index in [9.17, 15) is 14.4 Å². The van der Waals surface area contributed by atoms with Gasteiger partial charge in [0.2, 0.25) is 11.8 Å². The van der Waals surface area contributed by atoms with Crippen LogP contribution >= 0.6 is 23.2 Å². The number of fused-ring (bicyclic) bond motifs is 7. The van der Waals surface area contributed by atoms with Crippen molar-refractivity contribution in [3.05, 3.63) is 123 Å². The minimum absolute atomic E-state index is 0.281. The molecule has 4 heterocycles. The van der Waals surface area contributed by atoms with Crippen molar-refractivity contribution >= 4 is 69.2 Å². The van der Waals surface area contributed by atoms with E-state index in [1.807, 2.05) is 85.5 Å². The topological polar surface area (TPSA) is 70.8 Å². The summed E-state index contributed by atoms with van der Waals surface area (Å²) in [6.45, 7) is 3.93. The van der Waals surface area contributed by atoms with Gasteiger partial charge in [-0.2, -0.15) is 0 Å². The normalized spacial score (nSPS) is 21.8. The number of carbonyl (C=O) groups is 3. The maximum absolute atomic E-state index is 14.6. The maximum atomic E-state index is 14.6. The number of hydrogen-bond acceptors (Lipinski definition) is 5. The summed E-state index contributed by atoms with van der Waals surface area (Å²) >= 11 is 13.0. The van der Waals surface area contributed by atoms with E-state index in [1.165, 1.54) is 4.90 Å². The number of hydrogen-bond donors (Lipinski definition) is 0. The average molecular weight is 634 g/mol. The van der Waals surface area contributed by atoms with Crippen LogP contribution < -0.4 is 9.80 Å². The highest BCUT2D eigenvalue weighted by Gasteiger charge is 2.64. The number of carbonyl (C=O) groups excluding carboxylic acids is 3. The molecule has 8 rings (SSSR count). The number of ketones is 1. The number of anilines is 2. The zero-order valence-corrected chi connectivity index (χ0v) is 25.8. The predicted molar refractivity (Wildman–Crippen MR) is 177 cm³/mol. The third kappa shape index (κ3) is 4.13. The highest BCUT2D eigenvalue weighted by molar-refractivity contribution is 6.34. The summed E-state index contributed by atoms with van der Waals surface area (Å²) in [4.78, 5) is 46.4.